The molecule has 1 amide bonds. The summed E-state index contributed by atoms with van der Waals surface area (Å²) in [6.07, 6.45) is 1.61. The third-order valence-electron chi connectivity index (χ3n) is 4.18. The van der Waals surface area contributed by atoms with Gasteiger partial charge in [0.1, 0.15) is 5.15 Å². The Morgan fingerprint density at radius 3 is 2.35 bits per heavy atom. The molecule has 2 rings (SSSR count). The second-order valence-corrected chi connectivity index (χ2v) is 8.86. The van der Waals surface area contributed by atoms with E-state index in [2.05, 4.69) is 4.98 Å². The average molecular weight is 396 g/mol. The summed E-state index contributed by atoms with van der Waals surface area (Å²) in [6.45, 7) is 3.87. The monoisotopic (exact) mass is 395 g/mol. The van der Waals surface area contributed by atoms with Crippen LogP contribution in [0, 0.1) is 13.8 Å². The fourth-order valence-corrected chi connectivity index (χ4v) is 3.81. The predicted molar refractivity (Wildman–Crippen MR) is 102 cm³/mol. The summed E-state index contributed by atoms with van der Waals surface area (Å²) < 4.78 is 26.3. The number of halogens is 1. The third kappa shape index (κ3) is 4.23. The quantitative estimate of drug-likeness (QED) is 0.730. The number of hydrogen-bond acceptors (Lipinski definition) is 4. The van der Waals surface area contributed by atoms with Crippen molar-refractivity contribution in [2.24, 2.45) is 0 Å². The number of benzene rings is 1. The summed E-state index contributed by atoms with van der Waals surface area (Å²) in [5.41, 5.74) is 2.55. The van der Waals surface area contributed by atoms with E-state index in [9.17, 15) is 13.2 Å². The van der Waals surface area contributed by atoms with E-state index in [4.69, 9.17) is 11.6 Å². The van der Waals surface area contributed by atoms with Gasteiger partial charge < -0.3 is 4.90 Å². The van der Waals surface area contributed by atoms with Gasteiger partial charge in [0.2, 0.25) is 10.0 Å². The Balaban J connectivity index is 2.37. The lowest BCUT2D eigenvalue weighted by atomic mass is 10.1. The fraction of sp³-hybridized carbons (Fsp3) is 0.333. The Morgan fingerprint density at radius 1 is 1.15 bits per heavy atom. The van der Waals surface area contributed by atoms with Crippen LogP contribution in [0.5, 0.6) is 0 Å². The number of sulfonamides is 1. The van der Waals surface area contributed by atoms with Crippen LogP contribution in [0.4, 0.5) is 0 Å². The van der Waals surface area contributed by atoms with Crippen molar-refractivity contribution in [3.8, 4) is 0 Å². The summed E-state index contributed by atoms with van der Waals surface area (Å²) in [5, 5.41) is 0.385. The molecule has 0 radical (unpaired) electrons. The van der Waals surface area contributed by atoms with Crippen LogP contribution in [-0.2, 0) is 16.6 Å². The van der Waals surface area contributed by atoms with E-state index in [1.807, 2.05) is 0 Å². The number of nitrogens with zero attached hydrogens (tertiary/aromatic N) is 3. The zero-order valence-corrected chi connectivity index (χ0v) is 17.0. The maximum absolute atomic E-state index is 12.8. The second kappa shape index (κ2) is 7.73. The Labute approximate surface area is 159 Å². The number of rotatable bonds is 5. The molecular weight excluding hydrogens is 374 g/mol. The van der Waals surface area contributed by atoms with Gasteiger partial charge in [-0.2, -0.15) is 0 Å². The molecule has 2 aromatic rings. The molecule has 0 N–H and O–H groups in total. The van der Waals surface area contributed by atoms with E-state index >= 15 is 0 Å². The molecule has 0 saturated carbocycles. The summed E-state index contributed by atoms with van der Waals surface area (Å²) in [5.74, 6) is -0.266. The molecule has 0 aliphatic heterocycles. The van der Waals surface area contributed by atoms with Crippen LogP contribution in [0.15, 0.2) is 35.4 Å². The number of pyridine rings is 1. The number of carbonyl (C=O) groups excluding carboxylic acids is 1. The first-order valence-corrected chi connectivity index (χ1v) is 9.75. The number of hydrogen-bond donors (Lipinski definition) is 0. The molecule has 0 unspecified atom stereocenters. The maximum Gasteiger partial charge on any atom is 0.253 e. The summed E-state index contributed by atoms with van der Waals surface area (Å²) >= 11 is 5.77. The van der Waals surface area contributed by atoms with E-state index < -0.39 is 10.0 Å². The highest BCUT2D eigenvalue weighted by Gasteiger charge is 2.24. The molecule has 26 heavy (non-hydrogen) atoms. The highest BCUT2D eigenvalue weighted by atomic mass is 35.5. The van der Waals surface area contributed by atoms with Gasteiger partial charge in [-0.3, -0.25) is 4.79 Å². The van der Waals surface area contributed by atoms with Crippen LogP contribution in [-0.4, -0.2) is 49.7 Å². The van der Waals surface area contributed by atoms with Crippen LogP contribution >= 0.6 is 11.6 Å². The fourth-order valence-electron chi connectivity index (χ4n) is 2.48. The van der Waals surface area contributed by atoms with Crippen LogP contribution < -0.4 is 0 Å². The van der Waals surface area contributed by atoms with Gasteiger partial charge in [0, 0.05) is 39.4 Å². The normalized spacial score (nSPS) is 11.7. The van der Waals surface area contributed by atoms with Crippen molar-refractivity contribution in [1.29, 1.82) is 0 Å². The van der Waals surface area contributed by atoms with Crippen molar-refractivity contribution in [3.63, 3.8) is 0 Å². The highest BCUT2D eigenvalue weighted by Crippen LogP contribution is 2.24. The van der Waals surface area contributed by atoms with Gasteiger partial charge in [-0.25, -0.2) is 17.7 Å². The molecule has 0 spiro atoms. The first-order chi connectivity index (χ1) is 12.0. The molecular formula is C18H22ClN3O3S. The first kappa shape index (κ1) is 20.4. The van der Waals surface area contributed by atoms with Crippen molar-refractivity contribution in [3.05, 3.63) is 57.9 Å². The summed E-state index contributed by atoms with van der Waals surface area (Å²) in [6, 6.07) is 6.61. The predicted octanol–water partition coefficient (Wildman–Crippen LogP) is 2.87. The highest BCUT2D eigenvalue weighted by molar-refractivity contribution is 7.89. The smallest absolute Gasteiger partial charge is 0.253 e. The van der Waals surface area contributed by atoms with Gasteiger partial charge in [-0.15, -0.1) is 0 Å². The van der Waals surface area contributed by atoms with Crippen molar-refractivity contribution in [2.75, 3.05) is 21.1 Å². The van der Waals surface area contributed by atoms with E-state index in [1.54, 1.807) is 45.3 Å². The van der Waals surface area contributed by atoms with Crippen molar-refractivity contribution < 1.29 is 13.2 Å². The molecule has 0 atom stereocenters. The molecule has 0 saturated heterocycles. The van der Waals surface area contributed by atoms with Crippen molar-refractivity contribution in [1.82, 2.24) is 14.2 Å². The van der Waals surface area contributed by atoms with Gasteiger partial charge >= 0.3 is 0 Å². The van der Waals surface area contributed by atoms with Crippen LogP contribution in [0.25, 0.3) is 0 Å². The van der Waals surface area contributed by atoms with Crippen LogP contribution in [0.2, 0.25) is 5.15 Å². The molecule has 0 bridgehead atoms. The third-order valence-corrected chi connectivity index (χ3v) is 6.35. The summed E-state index contributed by atoms with van der Waals surface area (Å²) in [4.78, 5) is 18.5. The van der Waals surface area contributed by atoms with Crippen molar-refractivity contribution in [2.45, 2.75) is 25.3 Å². The van der Waals surface area contributed by atoms with E-state index in [1.165, 1.54) is 25.1 Å². The minimum atomic E-state index is -3.64. The lowest BCUT2D eigenvalue weighted by Crippen LogP contribution is -2.28. The Bertz CT molecular complexity index is 925. The van der Waals surface area contributed by atoms with E-state index in [0.717, 1.165) is 15.4 Å². The topological polar surface area (TPSA) is 70.6 Å². The molecule has 0 aliphatic rings. The van der Waals surface area contributed by atoms with Gasteiger partial charge in [-0.1, -0.05) is 17.7 Å². The molecule has 6 nitrogen and oxygen atoms in total. The lowest BCUT2D eigenvalue weighted by Gasteiger charge is -2.20. The standard InChI is InChI=1S/C18H22ClN3O3S/c1-12-8-15(9-16(13(12)2)26(24,25)21(3)4)18(23)22(5)11-14-6-7-17(19)20-10-14/h6-10H,11H2,1-5H3. The number of carbonyl (C=O) groups is 1. The second-order valence-electron chi connectivity index (χ2n) is 6.35. The number of aromatic nitrogens is 1. The van der Waals surface area contributed by atoms with Gasteiger partial charge in [-0.05, 0) is 48.7 Å². The number of amides is 1. The minimum absolute atomic E-state index is 0.146. The molecule has 8 heteroatoms. The maximum atomic E-state index is 12.8. The van der Waals surface area contributed by atoms with Crippen LogP contribution in [0.3, 0.4) is 0 Å². The van der Waals surface area contributed by atoms with E-state index in [0.29, 0.717) is 22.8 Å². The average Bonchev–Trinajstić information content (AvgIpc) is 2.58. The van der Waals surface area contributed by atoms with Gasteiger partial charge in [0.25, 0.3) is 5.91 Å². The Kier molecular flexibility index (Phi) is 6.05. The van der Waals surface area contributed by atoms with Gasteiger partial charge in [0.05, 0.1) is 4.90 Å². The van der Waals surface area contributed by atoms with Crippen molar-refractivity contribution >= 4 is 27.5 Å². The number of aryl methyl sites for hydroxylation is 1. The summed E-state index contributed by atoms with van der Waals surface area (Å²) in [7, 11) is 0.962. The zero-order valence-electron chi connectivity index (χ0n) is 15.4. The molecule has 1 aromatic heterocycles. The molecule has 140 valence electrons. The molecule has 0 fully saturated rings. The Hall–Kier alpha value is -1.96. The van der Waals surface area contributed by atoms with E-state index in [-0.39, 0.29) is 10.8 Å². The Morgan fingerprint density at radius 2 is 1.81 bits per heavy atom. The lowest BCUT2D eigenvalue weighted by molar-refractivity contribution is 0.0784. The minimum Gasteiger partial charge on any atom is -0.337 e. The molecule has 1 heterocycles. The molecule has 1 aromatic carbocycles. The SMILES string of the molecule is Cc1cc(C(=O)N(C)Cc2ccc(Cl)nc2)cc(S(=O)(=O)N(C)C)c1C. The first-order valence-electron chi connectivity index (χ1n) is 7.93. The largest absolute Gasteiger partial charge is 0.337 e. The van der Waals surface area contributed by atoms with Crippen LogP contribution in [0.1, 0.15) is 27.0 Å². The zero-order chi connectivity index (χ0) is 19.6. The van der Waals surface area contributed by atoms with Gasteiger partial charge in [0.15, 0.2) is 0 Å². The molecule has 0 aliphatic carbocycles.